The summed E-state index contributed by atoms with van der Waals surface area (Å²) < 4.78 is 5.45. The van der Waals surface area contributed by atoms with Crippen molar-refractivity contribution in [3.05, 3.63) is 0 Å². The molecule has 0 aliphatic carbocycles. The Balaban J connectivity index is 2.65. The summed E-state index contributed by atoms with van der Waals surface area (Å²) in [5.74, 6) is 0.503. The van der Waals surface area contributed by atoms with Gasteiger partial charge in [0, 0.05) is 18.7 Å². The molecule has 0 spiro atoms. The van der Waals surface area contributed by atoms with Crippen LogP contribution in [0.4, 0.5) is 4.79 Å². The smallest absolute Gasteiger partial charge is 0.410 e. The minimum absolute atomic E-state index is 0.194. The third kappa shape index (κ3) is 4.16. The van der Waals surface area contributed by atoms with Gasteiger partial charge < -0.3 is 14.7 Å². The van der Waals surface area contributed by atoms with Crippen LogP contribution in [0, 0.1) is 5.92 Å². The van der Waals surface area contributed by atoms with E-state index in [9.17, 15) is 4.79 Å². The van der Waals surface area contributed by atoms with Gasteiger partial charge in [-0.1, -0.05) is 0 Å². The van der Waals surface area contributed by atoms with Crippen molar-refractivity contribution in [2.24, 2.45) is 5.92 Å². The van der Waals surface area contributed by atoms with E-state index in [1.54, 1.807) is 0 Å². The summed E-state index contributed by atoms with van der Waals surface area (Å²) >= 11 is 0. The van der Waals surface area contributed by atoms with Gasteiger partial charge in [0.05, 0.1) is 0 Å². The van der Waals surface area contributed by atoms with Crippen LogP contribution in [-0.4, -0.2) is 40.4 Å². The maximum Gasteiger partial charge on any atom is 0.410 e. The summed E-state index contributed by atoms with van der Waals surface area (Å²) in [6.07, 6.45) is 2.47. The van der Waals surface area contributed by atoms with Crippen molar-refractivity contribution in [2.75, 3.05) is 13.2 Å². The lowest BCUT2D eigenvalue weighted by molar-refractivity contribution is -0.0164. The number of piperidine rings is 1. The van der Waals surface area contributed by atoms with Crippen molar-refractivity contribution < 1.29 is 14.6 Å². The number of carbonyl (C=O) groups is 1. The second-order valence-corrected chi connectivity index (χ2v) is 6.82. The van der Waals surface area contributed by atoms with Crippen molar-refractivity contribution in [3.63, 3.8) is 0 Å². The predicted molar refractivity (Wildman–Crippen MR) is 71.4 cm³/mol. The average molecular weight is 257 g/mol. The highest BCUT2D eigenvalue weighted by atomic mass is 16.6. The first-order valence-corrected chi connectivity index (χ1v) is 6.77. The highest BCUT2D eigenvalue weighted by Crippen LogP contribution is 2.34. The number of aliphatic hydroxyl groups is 1. The van der Waals surface area contributed by atoms with Crippen molar-refractivity contribution in [3.8, 4) is 0 Å². The number of aliphatic hydroxyl groups excluding tert-OH is 1. The molecule has 1 aliphatic rings. The molecule has 1 atom stereocenters. The average Bonchev–Trinajstić information content (AvgIpc) is 2.13. The van der Waals surface area contributed by atoms with E-state index in [4.69, 9.17) is 9.84 Å². The van der Waals surface area contributed by atoms with Gasteiger partial charge in [0.1, 0.15) is 5.60 Å². The molecule has 0 radical (unpaired) electrons. The molecule has 18 heavy (non-hydrogen) atoms. The highest BCUT2D eigenvalue weighted by Gasteiger charge is 2.39. The van der Waals surface area contributed by atoms with Crippen LogP contribution in [0.15, 0.2) is 0 Å². The summed E-state index contributed by atoms with van der Waals surface area (Å²) in [6.45, 7) is 10.7. The van der Waals surface area contributed by atoms with Crippen LogP contribution >= 0.6 is 0 Å². The highest BCUT2D eigenvalue weighted by molar-refractivity contribution is 5.69. The molecule has 0 bridgehead atoms. The maximum atomic E-state index is 12.1. The van der Waals surface area contributed by atoms with Crippen molar-refractivity contribution in [2.45, 2.75) is 65.0 Å². The number of ether oxygens (including phenoxy) is 1. The van der Waals surface area contributed by atoms with Crippen LogP contribution in [0.25, 0.3) is 0 Å². The molecule has 106 valence electrons. The quantitative estimate of drug-likeness (QED) is 0.827. The summed E-state index contributed by atoms with van der Waals surface area (Å²) in [7, 11) is 0. The molecule has 4 nitrogen and oxygen atoms in total. The number of hydrogen-bond acceptors (Lipinski definition) is 3. The number of nitrogens with zero attached hydrogens (tertiary/aromatic N) is 1. The molecule has 0 aromatic rings. The Morgan fingerprint density at radius 2 is 2.06 bits per heavy atom. The minimum Gasteiger partial charge on any atom is -0.444 e. The minimum atomic E-state index is -0.449. The molecule has 0 unspecified atom stereocenters. The van der Waals surface area contributed by atoms with Gasteiger partial charge >= 0.3 is 6.09 Å². The third-order valence-corrected chi connectivity index (χ3v) is 3.43. The first-order chi connectivity index (χ1) is 8.15. The number of likely N-dealkylation sites (tertiary alicyclic amines) is 1. The third-order valence-electron chi connectivity index (χ3n) is 3.43. The lowest BCUT2D eigenvalue weighted by atomic mass is 9.81. The fourth-order valence-corrected chi connectivity index (χ4v) is 2.62. The number of rotatable bonds is 2. The van der Waals surface area contributed by atoms with Crippen molar-refractivity contribution in [1.29, 1.82) is 0 Å². The summed E-state index contributed by atoms with van der Waals surface area (Å²) in [5.41, 5.74) is -0.643. The normalized spacial score (nSPS) is 23.9. The molecule has 1 amide bonds. The van der Waals surface area contributed by atoms with Gasteiger partial charge in [0.2, 0.25) is 0 Å². The lowest BCUT2D eigenvalue weighted by Crippen LogP contribution is -2.54. The van der Waals surface area contributed by atoms with Gasteiger partial charge in [-0.3, -0.25) is 0 Å². The molecule has 4 heteroatoms. The second kappa shape index (κ2) is 5.47. The van der Waals surface area contributed by atoms with Crippen LogP contribution in [0.3, 0.4) is 0 Å². The standard InChI is InChI=1S/C14H27NO3/c1-13(2,3)18-12(17)15-8-6-11(7-9-16)10-14(15,4)5/h11,16H,6-10H2,1-5H3/t11-/m1/s1. The van der Waals surface area contributed by atoms with Crippen LogP contribution < -0.4 is 0 Å². The molecule has 1 N–H and O–H groups in total. The summed E-state index contributed by atoms with van der Waals surface area (Å²) in [4.78, 5) is 14.0. The zero-order chi connectivity index (χ0) is 14.0. The summed E-state index contributed by atoms with van der Waals surface area (Å²) in [6, 6.07) is 0. The Bertz CT molecular complexity index is 294. The fourth-order valence-electron chi connectivity index (χ4n) is 2.62. The molecule has 1 fully saturated rings. The molecular formula is C14H27NO3. The Kier molecular flexibility index (Phi) is 4.65. The number of hydrogen-bond donors (Lipinski definition) is 1. The summed E-state index contributed by atoms with van der Waals surface area (Å²) in [5, 5.41) is 9.01. The van der Waals surface area contributed by atoms with Crippen molar-refractivity contribution in [1.82, 2.24) is 4.90 Å². The number of carbonyl (C=O) groups excluding carboxylic acids is 1. The fraction of sp³-hybridized carbons (Fsp3) is 0.929. The molecule has 0 saturated carbocycles. The van der Waals surface area contributed by atoms with Gasteiger partial charge in [0.15, 0.2) is 0 Å². The lowest BCUT2D eigenvalue weighted by Gasteiger charge is -2.45. The van der Waals surface area contributed by atoms with Crippen LogP contribution in [-0.2, 0) is 4.74 Å². The second-order valence-electron chi connectivity index (χ2n) is 6.82. The van der Waals surface area contributed by atoms with E-state index < -0.39 is 5.60 Å². The van der Waals surface area contributed by atoms with Gasteiger partial charge in [-0.05, 0) is 59.8 Å². The van der Waals surface area contributed by atoms with E-state index in [2.05, 4.69) is 13.8 Å². The van der Waals surface area contributed by atoms with Crippen LogP contribution in [0.2, 0.25) is 0 Å². The number of amides is 1. The molecule has 1 aliphatic heterocycles. The zero-order valence-corrected chi connectivity index (χ0v) is 12.3. The molecule has 1 heterocycles. The van der Waals surface area contributed by atoms with E-state index >= 15 is 0 Å². The monoisotopic (exact) mass is 257 g/mol. The van der Waals surface area contributed by atoms with Crippen molar-refractivity contribution >= 4 is 6.09 Å². The van der Waals surface area contributed by atoms with Crippen LogP contribution in [0.5, 0.6) is 0 Å². The van der Waals surface area contributed by atoms with E-state index in [0.29, 0.717) is 12.5 Å². The van der Waals surface area contributed by atoms with E-state index in [-0.39, 0.29) is 18.2 Å². The molecule has 0 aromatic heterocycles. The topological polar surface area (TPSA) is 49.8 Å². The molecule has 0 aromatic carbocycles. The SMILES string of the molecule is CC(C)(C)OC(=O)N1CC[C@H](CCO)CC1(C)C. The van der Waals surface area contributed by atoms with Gasteiger partial charge in [0.25, 0.3) is 0 Å². The van der Waals surface area contributed by atoms with E-state index in [1.165, 1.54) is 0 Å². The Morgan fingerprint density at radius 3 is 2.50 bits per heavy atom. The molecular weight excluding hydrogens is 230 g/mol. The van der Waals surface area contributed by atoms with Crippen LogP contribution in [0.1, 0.15) is 53.9 Å². The Hall–Kier alpha value is -0.770. The van der Waals surface area contributed by atoms with Gasteiger partial charge in [-0.2, -0.15) is 0 Å². The molecule has 1 saturated heterocycles. The van der Waals surface area contributed by atoms with E-state index in [0.717, 1.165) is 19.3 Å². The first kappa shape index (κ1) is 15.3. The Labute approximate surface area is 110 Å². The van der Waals surface area contributed by atoms with Gasteiger partial charge in [-0.25, -0.2) is 4.79 Å². The van der Waals surface area contributed by atoms with E-state index in [1.807, 2.05) is 25.7 Å². The predicted octanol–water partition coefficient (Wildman–Crippen LogP) is 2.79. The zero-order valence-electron chi connectivity index (χ0n) is 12.3. The maximum absolute atomic E-state index is 12.1. The Morgan fingerprint density at radius 1 is 1.44 bits per heavy atom. The van der Waals surface area contributed by atoms with Gasteiger partial charge in [-0.15, -0.1) is 0 Å². The largest absolute Gasteiger partial charge is 0.444 e. The molecule has 1 rings (SSSR count). The first-order valence-electron chi connectivity index (χ1n) is 6.77.